The van der Waals surface area contributed by atoms with Crippen LogP contribution in [0.25, 0.3) is 16.8 Å². The molecule has 1 amide bonds. The molecule has 4 aromatic rings. The van der Waals surface area contributed by atoms with Crippen LogP contribution in [0.2, 0.25) is 0 Å². The summed E-state index contributed by atoms with van der Waals surface area (Å²) in [6.07, 6.45) is 2.80. The maximum absolute atomic E-state index is 13.3. The summed E-state index contributed by atoms with van der Waals surface area (Å²) in [5, 5.41) is 18.0. The van der Waals surface area contributed by atoms with Crippen LogP contribution in [-0.2, 0) is 10.0 Å². The number of aryl methyl sites for hydroxylation is 1. The average Bonchev–Trinajstić information content (AvgIpc) is 3.48. The number of nitrogens with zero attached hydrogens (tertiary/aromatic N) is 6. The van der Waals surface area contributed by atoms with Crippen LogP contribution in [0.15, 0.2) is 47.6 Å². The van der Waals surface area contributed by atoms with Crippen molar-refractivity contribution in [2.24, 2.45) is 5.92 Å². The number of likely N-dealkylation sites (tertiary alicyclic amines) is 1. The predicted molar refractivity (Wildman–Crippen MR) is 116 cm³/mol. The molecule has 0 aliphatic carbocycles. The van der Waals surface area contributed by atoms with Crippen LogP contribution in [0.1, 0.15) is 30.7 Å². The highest BCUT2D eigenvalue weighted by Gasteiger charge is 2.38. The van der Waals surface area contributed by atoms with Crippen LogP contribution < -0.4 is 0 Å². The van der Waals surface area contributed by atoms with Gasteiger partial charge in [0.1, 0.15) is 5.82 Å². The summed E-state index contributed by atoms with van der Waals surface area (Å²) in [7, 11) is -3.84. The molecule has 1 aliphatic rings. The molecule has 2 atom stereocenters. The Morgan fingerprint density at radius 1 is 1.16 bits per heavy atom. The van der Waals surface area contributed by atoms with Gasteiger partial charge in [0.25, 0.3) is 10.0 Å². The first-order valence-corrected chi connectivity index (χ1v) is 11.8. The molecule has 1 saturated heterocycles. The third kappa shape index (κ3) is 3.03. The molecule has 166 valence electrons. The van der Waals surface area contributed by atoms with Gasteiger partial charge < -0.3 is 10.0 Å². The van der Waals surface area contributed by atoms with Gasteiger partial charge in [0.2, 0.25) is 0 Å². The largest absolute Gasteiger partial charge is 0.465 e. The zero-order valence-electron chi connectivity index (χ0n) is 17.6. The summed E-state index contributed by atoms with van der Waals surface area (Å²) in [4.78, 5) is 17.4. The molecule has 0 saturated carbocycles. The predicted octanol–water partition coefficient (Wildman–Crippen LogP) is 2.73. The lowest BCUT2D eigenvalue weighted by Gasteiger charge is -2.14. The van der Waals surface area contributed by atoms with Gasteiger partial charge in [-0.1, -0.05) is 31.0 Å². The Kier molecular flexibility index (Phi) is 4.66. The van der Waals surface area contributed by atoms with E-state index in [9.17, 15) is 18.3 Å². The Morgan fingerprint density at radius 3 is 2.59 bits per heavy atom. The first-order chi connectivity index (χ1) is 15.3. The van der Waals surface area contributed by atoms with Gasteiger partial charge in [0.15, 0.2) is 11.3 Å². The first-order valence-electron chi connectivity index (χ1n) is 10.3. The minimum Gasteiger partial charge on any atom is -0.465 e. The monoisotopic (exact) mass is 454 g/mol. The van der Waals surface area contributed by atoms with E-state index in [1.54, 1.807) is 34.7 Å². The minimum atomic E-state index is -3.84. The number of carbonyl (C=O) groups is 1. The number of benzene rings is 1. The number of aromatic nitrogens is 5. The lowest BCUT2D eigenvalue weighted by Crippen LogP contribution is -2.26. The van der Waals surface area contributed by atoms with Crippen LogP contribution in [-0.4, -0.2) is 61.2 Å². The highest BCUT2D eigenvalue weighted by molar-refractivity contribution is 7.90. The highest BCUT2D eigenvalue weighted by atomic mass is 32.2. The maximum atomic E-state index is 13.3. The molecule has 1 aromatic carbocycles. The lowest BCUT2D eigenvalue weighted by molar-refractivity contribution is 0.153. The van der Waals surface area contributed by atoms with Crippen molar-refractivity contribution in [2.75, 3.05) is 13.1 Å². The van der Waals surface area contributed by atoms with Crippen LogP contribution in [0, 0.1) is 12.8 Å². The van der Waals surface area contributed by atoms with Gasteiger partial charge in [-0.2, -0.15) is 0 Å². The van der Waals surface area contributed by atoms with Crippen molar-refractivity contribution in [2.45, 2.75) is 31.1 Å². The van der Waals surface area contributed by atoms with Crippen molar-refractivity contribution < 1.29 is 18.3 Å². The molecule has 32 heavy (non-hydrogen) atoms. The first kappa shape index (κ1) is 20.4. The van der Waals surface area contributed by atoms with Crippen LogP contribution >= 0.6 is 0 Å². The zero-order valence-corrected chi connectivity index (χ0v) is 18.4. The van der Waals surface area contributed by atoms with E-state index in [4.69, 9.17) is 0 Å². The van der Waals surface area contributed by atoms with Crippen molar-refractivity contribution in [3.63, 3.8) is 0 Å². The maximum Gasteiger partial charge on any atom is 0.407 e. The molecule has 1 N–H and O–H groups in total. The lowest BCUT2D eigenvalue weighted by atomic mass is 9.93. The molecule has 0 spiro atoms. The van der Waals surface area contributed by atoms with Crippen LogP contribution in [0.3, 0.4) is 0 Å². The van der Waals surface area contributed by atoms with E-state index in [1.165, 1.54) is 17.3 Å². The standard InChI is InChI=1S/C21H22N6O4S/c1-3-14-11-25(21(28)29)12-16(14)19-24-23-18-10-22-20-17(27(18)19)8-9-26(20)32(30,31)15-6-4-13(2)5-7-15/h4-10,14,16H,3,11-12H2,1-2H3,(H,28,29). The van der Waals surface area contributed by atoms with E-state index in [0.717, 1.165) is 16.0 Å². The molecule has 11 heteroatoms. The van der Waals surface area contributed by atoms with E-state index in [-0.39, 0.29) is 22.4 Å². The Balaban J connectivity index is 1.66. The second kappa shape index (κ2) is 7.30. The highest BCUT2D eigenvalue weighted by Crippen LogP contribution is 2.35. The number of hydrogen-bond donors (Lipinski definition) is 1. The van der Waals surface area contributed by atoms with Crippen molar-refractivity contribution in [1.82, 2.24) is 28.5 Å². The fraction of sp³-hybridized carbons (Fsp3) is 0.333. The number of fused-ring (bicyclic) bond motifs is 3. The van der Waals surface area contributed by atoms with E-state index in [0.29, 0.717) is 30.1 Å². The molecule has 1 fully saturated rings. The van der Waals surface area contributed by atoms with Gasteiger partial charge in [-0.3, -0.25) is 4.40 Å². The molecule has 0 bridgehead atoms. The number of hydrogen-bond acceptors (Lipinski definition) is 6. The summed E-state index contributed by atoms with van der Waals surface area (Å²) in [5.41, 5.74) is 2.27. The number of amides is 1. The number of carboxylic acid groups (broad SMARTS) is 1. The molecular formula is C21H22N6O4S. The molecule has 2 unspecified atom stereocenters. The Labute approximate surface area is 184 Å². The van der Waals surface area contributed by atoms with Crippen LogP contribution in [0.4, 0.5) is 4.79 Å². The van der Waals surface area contributed by atoms with Gasteiger partial charge in [-0.15, -0.1) is 10.2 Å². The fourth-order valence-electron chi connectivity index (χ4n) is 4.44. The SMILES string of the molecule is CCC1CN(C(=O)O)CC1c1nnc2cnc3c(ccn3S(=O)(=O)c3ccc(C)cc3)n12. The Hall–Kier alpha value is -3.47. The van der Waals surface area contributed by atoms with Gasteiger partial charge in [-0.25, -0.2) is 22.2 Å². The molecule has 1 aliphatic heterocycles. The molecule has 10 nitrogen and oxygen atoms in total. The topological polar surface area (TPSA) is 123 Å². The van der Waals surface area contributed by atoms with E-state index < -0.39 is 16.1 Å². The van der Waals surface area contributed by atoms with E-state index in [1.807, 2.05) is 13.8 Å². The molecule has 3 aromatic heterocycles. The third-order valence-electron chi connectivity index (χ3n) is 6.21. The molecule has 5 rings (SSSR count). The molecule has 0 radical (unpaired) electrons. The van der Waals surface area contributed by atoms with E-state index in [2.05, 4.69) is 15.2 Å². The Bertz CT molecular complexity index is 1440. The van der Waals surface area contributed by atoms with Gasteiger partial charge >= 0.3 is 6.09 Å². The normalized spacial score (nSPS) is 19.2. The summed E-state index contributed by atoms with van der Waals surface area (Å²) in [6, 6.07) is 8.33. The molecule has 4 heterocycles. The smallest absolute Gasteiger partial charge is 0.407 e. The summed E-state index contributed by atoms with van der Waals surface area (Å²) >= 11 is 0. The van der Waals surface area contributed by atoms with Crippen molar-refractivity contribution in [3.05, 3.63) is 54.1 Å². The van der Waals surface area contributed by atoms with Crippen molar-refractivity contribution in [3.8, 4) is 0 Å². The van der Waals surface area contributed by atoms with E-state index >= 15 is 0 Å². The number of rotatable bonds is 4. The fourth-order valence-corrected chi connectivity index (χ4v) is 5.74. The Morgan fingerprint density at radius 2 is 1.91 bits per heavy atom. The molecular weight excluding hydrogens is 432 g/mol. The summed E-state index contributed by atoms with van der Waals surface area (Å²) in [6.45, 7) is 4.67. The quantitative estimate of drug-likeness (QED) is 0.503. The second-order valence-corrected chi connectivity index (χ2v) is 9.93. The van der Waals surface area contributed by atoms with Crippen LogP contribution in [0.5, 0.6) is 0 Å². The average molecular weight is 455 g/mol. The third-order valence-corrected chi connectivity index (χ3v) is 7.89. The van der Waals surface area contributed by atoms with Gasteiger partial charge in [0, 0.05) is 25.2 Å². The zero-order chi connectivity index (χ0) is 22.6. The van der Waals surface area contributed by atoms with Crippen molar-refractivity contribution >= 4 is 32.9 Å². The summed E-state index contributed by atoms with van der Waals surface area (Å²) in [5.74, 6) is 0.572. The minimum absolute atomic E-state index is 0.0973. The van der Waals surface area contributed by atoms with Gasteiger partial charge in [0.05, 0.1) is 16.6 Å². The second-order valence-electron chi connectivity index (χ2n) is 8.11. The summed E-state index contributed by atoms with van der Waals surface area (Å²) < 4.78 is 29.5. The van der Waals surface area contributed by atoms with Crippen molar-refractivity contribution in [1.29, 1.82) is 0 Å². The van der Waals surface area contributed by atoms with Gasteiger partial charge in [-0.05, 0) is 31.0 Å².